The van der Waals surface area contributed by atoms with Gasteiger partial charge in [-0.2, -0.15) is 0 Å². The molecule has 2 unspecified atom stereocenters. The van der Waals surface area contributed by atoms with Gasteiger partial charge in [0.1, 0.15) is 5.41 Å². The Morgan fingerprint density at radius 2 is 2.29 bits per heavy atom. The molecule has 1 fully saturated rings. The van der Waals surface area contributed by atoms with Crippen LogP contribution in [0.5, 0.6) is 0 Å². The second kappa shape index (κ2) is 5.99. The molecule has 0 saturated heterocycles. The topological polar surface area (TPSA) is 54.4 Å². The van der Waals surface area contributed by atoms with Crippen molar-refractivity contribution in [2.45, 2.75) is 52.4 Å². The highest BCUT2D eigenvalue weighted by atomic mass is 16.4. The van der Waals surface area contributed by atoms with Crippen LogP contribution in [0.4, 0.5) is 0 Å². The Labute approximate surface area is 103 Å². The highest BCUT2D eigenvalue weighted by Crippen LogP contribution is 2.43. The standard InChI is InChI=1S/C14H22O3/c1-3-5-6-7-9-14(13(16)17)10-8-11(4-2)12(14)15/h3,5,11H,4,6-10H2,1-2H3,(H,16,17). The molecule has 1 aliphatic rings. The van der Waals surface area contributed by atoms with E-state index >= 15 is 0 Å². The van der Waals surface area contributed by atoms with E-state index in [1.54, 1.807) is 0 Å². The molecule has 1 rings (SSSR count). The van der Waals surface area contributed by atoms with E-state index in [2.05, 4.69) is 0 Å². The molecule has 0 aromatic heterocycles. The minimum absolute atomic E-state index is 0.0343. The maximum atomic E-state index is 12.2. The first-order valence-electron chi connectivity index (χ1n) is 6.47. The fraction of sp³-hybridized carbons (Fsp3) is 0.714. The molecule has 0 aliphatic heterocycles. The summed E-state index contributed by atoms with van der Waals surface area (Å²) < 4.78 is 0. The van der Waals surface area contributed by atoms with Gasteiger partial charge in [0.05, 0.1) is 0 Å². The van der Waals surface area contributed by atoms with Crippen molar-refractivity contribution < 1.29 is 14.7 Å². The van der Waals surface area contributed by atoms with Crippen LogP contribution < -0.4 is 0 Å². The van der Waals surface area contributed by atoms with E-state index in [-0.39, 0.29) is 11.7 Å². The van der Waals surface area contributed by atoms with E-state index in [0.717, 1.165) is 25.7 Å². The van der Waals surface area contributed by atoms with Crippen molar-refractivity contribution in [3.63, 3.8) is 0 Å². The lowest BCUT2D eigenvalue weighted by Crippen LogP contribution is -2.37. The zero-order valence-electron chi connectivity index (χ0n) is 10.7. The smallest absolute Gasteiger partial charge is 0.317 e. The molecule has 2 atom stereocenters. The van der Waals surface area contributed by atoms with E-state index in [9.17, 15) is 14.7 Å². The zero-order chi connectivity index (χ0) is 12.9. The molecule has 17 heavy (non-hydrogen) atoms. The molecule has 3 heteroatoms. The van der Waals surface area contributed by atoms with Gasteiger partial charge in [-0.1, -0.05) is 19.1 Å². The average molecular weight is 238 g/mol. The summed E-state index contributed by atoms with van der Waals surface area (Å²) in [7, 11) is 0. The summed E-state index contributed by atoms with van der Waals surface area (Å²) in [6.07, 6.45) is 8.13. The average Bonchev–Trinajstić information content (AvgIpc) is 2.63. The highest BCUT2D eigenvalue weighted by molar-refractivity contribution is 6.05. The SMILES string of the molecule is CC=CCCCC1(C(=O)O)CCC(CC)C1=O. The van der Waals surface area contributed by atoms with Crippen molar-refractivity contribution in [3.8, 4) is 0 Å². The molecule has 0 amide bonds. The summed E-state index contributed by atoms with van der Waals surface area (Å²) in [5, 5.41) is 9.37. The fourth-order valence-corrected chi connectivity index (χ4v) is 2.71. The van der Waals surface area contributed by atoms with E-state index in [1.807, 2.05) is 26.0 Å². The quantitative estimate of drug-likeness (QED) is 0.439. The zero-order valence-corrected chi connectivity index (χ0v) is 10.7. The van der Waals surface area contributed by atoms with Gasteiger partial charge in [0.15, 0.2) is 5.78 Å². The maximum absolute atomic E-state index is 12.2. The molecule has 1 N–H and O–H groups in total. The van der Waals surface area contributed by atoms with Gasteiger partial charge in [0.25, 0.3) is 0 Å². The molecule has 0 heterocycles. The van der Waals surface area contributed by atoms with Crippen LogP contribution in [-0.2, 0) is 9.59 Å². The number of carbonyl (C=O) groups excluding carboxylic acids is 1. The number of allylic oxidation sites excluding steroid dienone is 2. The Hall–Kier alpha value is -1.12. The Morgan fingerprint density at radius 3 is 2.76 bits per heavy atom. The third-order valence-electron chi connectivity index (χ3n) is 3.87. The Balaban J connectivity index is 2.71. The first kappa shape index (κ1) is 13.9. The van der Waals surface area contributed by atoms with Gasteiger partial charge in [-0.05, 0) is 45.4 Å². The molecule has 0 spiro atoms. The fourth-order valence-electron chi connectivity index (χ4n) is 2.71. The maximum Gasteiger partial charge on any atom is 0.317 e. The van der Waals surface area contributed by atoms with E-state index in [4.69, 9.17) is 0 Å². The minimum Gasteiger partial charge on any atom is -0.480 e. The Kier molecular flexibility index (Phi) is 4.91. The lowest BCUT2D eigenvalue weighted by atomic mass is 9.79. The second-order valence-corrected chi connectivity index (χ2v) is 4.86. The number of ketones is 1. The monoisotopic (exact) mass is 238 g/mol. The van der Waals surface area contributed by atoms with Gasteiger partial charge in [0.2, 0.25) is 0 Å². The second-order valence-electron chi connectivity index (χ2n) is 4.86. The number of rotatable bonds is 6. The number of hydrogen-bond donors (Lipinski definition) is 1. The predicted molar refractivity (Wildman–Crippen MR) is 66.8 cm³/mol. The Morgan fingerprint density at radius 1 is 1.59 bits per heavy atom. The molecule has 0 aromatic rings. The largest absolute Gasteiger partial charge is 0.480 e. The van der Waals surface area contributed by atoms with Crippen LogP contribution in [0.15, 0.2) is 12.2 Å². The summed E-state index contributed by atoms with van der Waals surface area (Å²) >= 11 is 0. The Bertz CT molecular complexity index is 319. The van der Waals surface area contributed by atoms with Crippen molar-refractivity contribution in [3.05, 3.63) is 12.2 Å². The number of carbonyl (C=O) groups is 2. The van der Waals surface area contributed by atoms with Gasteiger partial charge in [-0.3, -0.25) is 9.59 Å². The number of unbranched alkanes of at least 4 members (excludes halogenated alkanes) is 1. The molecule has 1 aliphatic carbocycles. The summed E-state index contributed by atoms with van der Waals surface area (Å²) in [4.78, 5) is 23.6. The third kappa shape index (κ3) is 2.76. The highest BCUT2D eigenvalue weighted by Gasteiger charge is 2.51. The molecule has 96 valence electrons. The number of aliphatic carboxylic acids is 1. The van der Waals surface area contributed by atoms with Crippen LogP contribution in [0.2, 0.25) is 0 Å². The van der Waals surface area contributed by atoms with Gasteiger partial charge >= 0.3 is 5.97 Å². The van der Waals surface area contributed by atoms with E-state index in [1.165, 1.54) is 0 Å². The van der Waals surface area contributed by atoms with Gasteiger partial charge in [-0.15, -0.1) is 0 Å². The number of hydrogen-bond acceptors (Lipinski definition) is 2. The number of Topliss-reactive ketones (excluding diaryl/α,β-unsaturated/α-hetero) is 1. The van der Waals surface area contributed by atoms with Crippen LogP contribution in [0, 0.1) is 11.3 Å². The van der Waals surface area contributed by atoms with Crippen LogP contribution in [-0.4, -0.2) is 16.9 Å². The van der Waals surface area contributed by atoms with Crippen molar-refractivity contribution in [2.24, 2.45) is 11.3 Å². The van der Waals surface area contributed by atoms with Gasteiger partial charge in [0, 0.05) is 5.92 Å². The predicted octanol–water partition coefficient (Wildman–Crippen LogP) is 3.19. The number of carboxylic acids is 1. The van der Waals surface area contributed by atoms with Gasteiger partial charge in [-0.25, -0.2) is 0 Å². The van der Waals surface area contributed by atoms with Crippen LogP contribution >= 0.6 is 0 Å². The third-order valence-corrected chi connectivity index (χ3v) is 3.87. The molecular weight excluding hydrogens is 216 g/mol. The number of carboxylic acid groups (broad SMARTS) is 1. The minimum atomic E-state index is -1.08. The summed E-state index contributed by atoms with van der Waals surface area (Å²) in [5.74, 6) is -0.986. The van der Waals surface area contributed by atoms with E-state index < -0.39 is 11.4 Å². The first-order chi connectivity index (χ1) is 8.08. The molecule has 0 aromatic carbocycles. The van der Waals surface area contributed by atoms with Crippen LogP contribution in [0.1, 0.15) is 52.4 Å². The lowest BCUT2D eigenvalue weighted by Gasteiger charge is -2.22. The van der Waals surface area contributed by atoms with E-state index in [0.29, 0.717) is 12.8 Å². The summed E-state index contributed by atoms with van der Waals surface area (Å²) in [6, 6.07) is 0. The molecule has 0 bridgehead atoms. The summed E-state index contributed by atoms with van der Waals surface area (Å²) in [6.45, 7) is 3.90. The van der Waals surface area contributed by atoms with Crippen molar-refractivity contribution in [1.29, 1.82) is 0 Å². The normalized spacial score (nSPS) is 29.1. The molecule has 1 saturated carbocycles. The molecule has 0 radical (unpaired) electrons. The van der Waals surface area contributed by atoms with Gasteiger partial charge < -0.3 is 5.11 Å². The summed E-state index contributed by atoms with van der Waals surface area (Å²) in [5.41, 5.74) is -1.08. The molecule has 3 nitrogen and oxygen atoms in total. The van der Waals surface area contributed by atoms with Crippen molar-refractivity contribution in [2.75, 3.05) is 0 Å². The van der Waals surface area contributed by atoms with Crippen LogP contribution in [0.25, 0.3) is 0 Å². The van der Waals surface area contributed by atoms with Crippen molar-refractivity contribution in [1.82, 2.24) is 0 Å². The molecular formula is C14H22O3. The van der Waals surface area contributed by atoms with Crippen LogP contribution in [0.3, 0.4) is 0 Å². The first-order valence-corrected chi connectivity index (χ1v) is 6.47. The lowest BCUT2D eigenvalue weighted by molar-refractivity contribution is -0.154. The van der Waals surface area contributed by atoms with Crippen molar-refractivity contribution >= 4 is 11.8 Å².